The molecular weight excluding hydrogens is 386 g/mol. The summed E-state index contributed by atoms with van der Waals surface area (Å²) in [5.41, 5.74) is 8.03. The maximum absolute atomic E-state index is 4.92. The van der Waals surface area contributed by atoms with Gasteiger partial charge >= 0.3 is 0 Å². The van der Waals surface area contributed by atoms with Gasteiger partial charge in [-0.25, -0.2) is 4.98 Å². The Labute approximate surface area is 189 Å². The highest BCUT2D eigenvalue weighted by atomic mass is 14.7. The van der Waals surface area contributed by atoms with Crippen LogP contribution in [0.1, 0.15) is 16.8 Å². The van der Waals surface area contributed by atoms with E-state index < -0.39 is 0 Å². The molecule has 5 aromatic rings. The van der Waals surface area contributed by atoms with Crippen molar-refractivity contribution in [1.29, 1.82) is 0 Å². The summed E-state index contributed by atoms with van der Waals surface area (Å²) < 4.78 is 0. The van der Waals surface area contributed by atoms with Crippen LogP contribution < -0.4 is 0 Å². The molecule has 32 heavy (non-hydrogen) atoms. The zero-order valence-corrected chi connectivity index (χ0v) is 18.5. The third-order valence-corrected chi connectivity index (χ3v) is 6.17. The molecule has 0 aliphatic carbocycles. The summed E-state index contributed by atoms with van der Waals surface area (Å²) in [6.45, 7) is 8.08. The lowest BCUT2D eigenvalue weighted by Gasteiger charge is -2.16. The lowest BCUT2D eigenvalue weighted by Crippen LogP contribution is -1.92. The van der Waals surface area contributed by atoms with Crippen LogP contribution in [-0.4, -0.2) is 4.98 Å². The van der Waals surface area contributed by atoms with Gasteiger partial charge in [0.1, 0.15) is 0 Å². The van der Waals surface area contributed by atoms with E-state index >= 15 is 0 Å². The SMILES string of the molecule is C=C/C=C\c1nc(-c2cccc(-c3c4ccccc4c(C)c4ccccc34)c2)ccc1C. The highest BCUT2D eigenvalue weighted by Crippen LogP contribution is 2.39. The molecule has 0 aliphatic heterocycles. The highest BCUT2D eigenvalue weighted by molar-refractivity contribution is 6.15. The molecule has 5 rings (SSSR count). The maximum atomic E-state index is 4.92. The number of hydrogen-bond donors (Lipinski definition) is 0. The molecule has 1 nitrogen and oxygen atoms in total. The summed E-state index contributed by atoms with van der Waals surface area (Å²) in [7, 11) is 0. The van der Waals surface area contributed by atoms with Gasteiger partial charge in [0.25, 0.3) is 0 Å². The van der Waals surface area contributed by atoms with Gasteiger partial charge in [-0.3, -0.25) is 0 Å². The number of pyridine rings is 1. The first-order valence-electron chi connectivity index (χ1n) is 10.9. The largest absolute Gasteiger partial charge is 0.248 e. The Morgan fingerprint density at radius 3 is 1.97 bits per heavy atom. The van der Waals surface area contributed by atoms with Crippen LogP contribution in [0.25, 0.3) is 50.0 Å². The predicted molar refractivity (Wildman–Crippen MR) is 139 cm³/mol. The fourth-order valence-corrected chi connectivity index (χ4v) is 4.52. The molecule has 1 aromatic heterocycles. The molecule has 0 amide bonds. The molecule has 0 unspecified atom stereocenters. The molecule has 1 heterocycles. The summed E-state index contributed by atoms with van der Waals surface area (Å²) >= 11 is 0. The van der Waals surface area contributed by atoms with E-state index in [4.69, 9.17) is 4.98 Å². The Bertz CT molecular complexity index is 1450. The van der Waals surface area contributed by atoms with Crippen molar-refractivity contribution in [1.82, 2.24) is 4.98 Å². The average Bonchev–Trinajstić information content (AvgIpc) is 2.84. The summed E-state index contributed by atoms with van der Waals surface area (Å²) in [4.78, 5) is 4.92. The topological polar surface area (TPSA) is 12.9 Å². The first kappa shape index (κ1) is 20.0. The molecule has 0 spiro atoms. The summed E-state index contributed by atoms with van der Waals surface area (Å²) in [6, 6.07) is 30.4. The standard InChI is InChI=1S/C31H25N/c1-4-5-17-29-21(2)18-19-30(32-29)23-11-10-12-24(20-23)31-27-15-8-6-13-25(27)22(3)26-14-7-9-16-28(26)31/h4-20H,1H2,2-3H3/b17-5-. The molecular formula is C31H25N. The van der Waals surface area contributed by atoms with Crippen LogP contribution in [0.3, 0.4) is 0 Å². The predicted octanol–water partition coefficient (Wildman–Crippen LogP) is 8.54. The Balaban J connectivity index is 1.75. The monoisotopic (exact) mass is 411 g/mol. The maximum Gasteiger partial charge on any atom is 0.0709 e. The molecule has 0 radical (unpaired) electrons. The lowest BCUT2D eigenvalue weighted by atomic mass is 9.88. The third-order valence-electron chi connectivity index (χ3n) is 6.17. The van der Waals surface area contributed by atoms with Crippen molar-refractivity contribution in [2.75, 3.05) is 0 Å². The number of aryl methyl sites for hydroxylation is 2. The van der Waals surface area contributed by atoms with E-state index in [1.54, 1.807) is 6.08 Å². The number of benzene rings is 4. The second-order valence-corrected chi connectivity index (χ2v) is 8.17. The van der Waals surface area contributed by atoms with Crippen LogP contribution >= 0.6 is 0 Å². The van der Waals surface area contributed by atoms with E-state index in [1.165, 1.54) is 38.2 Å². The molecule has 0 N–H and O–H groups in total. The second kappa shape index (κ2) is 8.28. The van der Waals surface area contributed by atoms with Gasteiger partial charge in [-0.15, -0.1) is 0 Å². The van der Waals surface area contributed by atoms with Gasteiger partial charge in [-0.2, -0.15) is 0 Å². The number of nitrogens with zero attached hydrogens (tertiary/aromatic N) is 1. The first-order valence-corrected chi connectivity index (χ1v) is 10.9. The molecule has 0 bridgehead atoms. The molecule has 0 atom stereocenters. The molecule has 4 aromatic carbocycles. The Morgan fingerprint density at radius 2 is 1.31 bits per heavy atom. The van der Waals surface area contributed by atoms with Gasteiger partial charge in [-0.1, -0.05) is 91.5 Å². The van der Waals surface area contributed by atoms with Crippen LogP contribution in [0.15, 0.2) is 104 Å². The number of hydrogen-bond acceptors (Lipinski definition) is 1. The van der Waals surface area contributed by atoms with E-state index in [1.807, 2.05) is 12.2 Å². The number of rotatable bonds is 4. The van der Waals surface area contributed by atoms with Gasteiger partial charge in [0.2, 0.25) is 0 Å². The van der Waals surface area contributed by atoms with E-state index in [0.717, 1.165) is 22.5 Å². The van der Waals surface area contributed by atoms with Gasteiger partial charge in [-0.05, 0) is 75.9 Å². The molecule has 0 aliphatic rings. The van der Waals surface area contributed by atoms with Gasteiger partial charge in [0, 0.05) is 5.56 Å². The zero-order chi connectivity index (χ0) is 22.1. The molecule has 0 saturated heterocycles. The van der Waals surface area contributed by atoms with Crippen LogP contribution in [0.5, 0.6) is 0 Å². The number of aromatic nitrogens is 1. The second-order valence-electron chi connectivity index (χ2n) is 8.17. The van der Waals surface area contributed by atoms with Crippen LogP contribution in [0.4, 0.5) is 0 Å². The van der Waals surface area contributed by atoms with Gasteiger partial charge < -0.3 is 0 Å². The normalized spacial score (nSPS) is 11.4. The number of allylic oxidation sites excluding steroid dienone is 2. The summed E-state index contributed by atoms with van der Waals surface area (Å²) in [5, 5.41) is 5.17. The molecule has 154 valence electrons. The summed E-state index contributed by atoms with van der Waals surface area (Å²) in [6.07, 6.45) is 5.72. The quantitative estimate of drug-likeness (QED) is 0.213. The van der Waals surface area contributed by atoms with Crippen molar-refractivity contribution in [3.8, 4) is 22.4 Å². The zero-order valence-electron chi connectivity index (χ0n) is 18.5. The average molecular weight is 412 g/mol. The van der Waals surface area contributed by atoms with Gasteiger partial charge in [0.05, 0.1) is 11.4 Å². The molecule has 0 saturated carbocycles. The highest BCUT2D eigenvalue weighted by Gasteiger charge is 2.13. The van der Waals surface area contributed by atoms with Crippen molar-refractivity contribution >= 4 is 27.6 Å². The van der Waals surface area contributed by atoms with Crippen molar-refractivity contribution < 1.29 is 0 Å². The van der Waals surface area contributed by atoms with Crippen molar-refractivity contribution in [2.24, 2.45) is 0 Å². The Kier molecular flexibility index (Phi) is 5.17. The van der Waals surface area contributed by atoms with Crippen LogP contribution in [0, 0.1) is 13.8 Å². The summed E-state index contributed by atoms with van der Waals surface area (Å²) in [5.74, 6) is 0. The minimum Gasteiger partial charge on any atom is -0.248 e. The fraction of sp³-hybridized carbons (Fsp3) is 0.0645. The van der Waals surface area contributed by atoms with Crippen LogP contribution in [-0.2, 0) is 0 Å². The van der Waals surface area contributed by atoms with Gasteiger partial charge in [0.15, 0.2) is 0 Å². The Morgan fingerprint density at radius 1 is 0.688 bits per heavy atom. The van der Waals surface area contributed by atoms with E-state index in [0.29, 0.717) is 0 Å². The van der Waals surface area contributed by atoms with E-state index in [9.17, 15) is 0 Å². The van der Waals surface area contributed by atoms with Crippen molar-refractivity contribution in [2.45, 2.75) is 13.8 Å². The third kappa shape index (κ3) is 3.42. The Hall–Kier alpha value is -3.97. The number of fused-ring (bicyclic) bond motifs is 2. The van der Waals surface area contributed by atoms with E-state index in [2.05, 4.69) is 105 Å². The first-order chi connectivity index (χ1) is 15.7. The van der Waals surface area contributed by atoms with Crippen molar-refractivity contribution in [3.63, 3.8) is 0 Å². The fourth-order valence-electron chi connectivity index (χ4n) is 4.52. The molecule has 0 fully saturated rings. The minimum atomic E-state index is 0.971. The minimum absolute atomic E-state index is 0.971. The molecule has 1 heteroatoms. The van der Waals surface area contributed by atoms with E-state index in [-0.39, 0.29) is 0 Å². The lowest BCUT2D eigenvalue weighted by molar-refractivity contribution is 1.24. The van der Waals surface area contributed by atoms with Crippen molar-refractivity contribution in [3.05, 3.63) is 120 Å². The van der Waals surface area contributed by atoms with Crippen LogP contribution in [0.2, 0.25) is 0 Å². The smallest absolute Gasteiger partial charge is 0.0709 e.